The predicted octanol–water partition coefficient (Wildman–Crippen LogP) is 3.38. The van der Waals surface area contributed by atoms with Gasteiger partial charge in [0.15, 0.2) is 0 Å². The van der Waals surface area contributed by atoms with E-state index in [4.69, 9.17) is 23.2 Å². The maximum Gasteiger partial charge on any atom is 0.220 e. The molecule has 1 amide bonds. The summed E-state index contributed by atoms with van der Waals surface area (Å²) >= 11 is 11.9. The number of rotatable bonds is 5. The molecule has 116 valence electrons. The highest BCUT2D eigenvalue weighted by Crippen LogP contribution is 2.21. The minimum atomic E-state index is 0. The van der Waals surface area contributed by atoms with Crippen LogP contribution in [0, 0.1) is 0 Å². The number of carbonyl (C=O) groups excluding carboxylic acids is 1. The van der Waals surface area contributed by atoms with Crippen molar-refractivity contribution < 1.29 is 4.79 Å². The van der Waals surface area contributed by atoms with Gasteiger partial charge in [-0.2, -0.15) is 0 Å². The van der Waals surface area contributed by atoms with E-state index in [0.717, 1.165) is 25.1 Å². The van der Waals surface area contributed by atoms with Gasteiger partial charge < -0.3 is 10.6 Å². The van der Waals surface area contributed by atoms with Crippen molar-refractivity contribution >= 4 is 41.5 Å². The predicted molar refractivity (Wildman–Crippen MR) is 90.6 cm³/mol. The van der Waals surface area contributed by atoms with E-state index in [1.807, 2.05) is 6.07 Å². The molecule has 1 aliphatic rings. The number of halogens is 3. The van der Waals surface area contributed by atoms with E-state index >= 15 is 0 Å². The molecule has 0 unspecified atom stereocenters. The van der Waals surface area contributed by atoms with Crippen molar-refractivity contribution in [1.82, 2.24) is 10.6 Å². The molecule has 0 bridgehead atoms. The zero-order valence-corrected chi connectivity index (χ0v) is 14.0. The normalized spacial score (nSPS) is 14.1. The molecule has 0 aliphatic carbocycles. The quantitative estimate of drug-likeness (QED) is 0.800. The zero-order valence-electron chi connectivity index (χ0n) is 11.6. The molecule has 1 heterocycles. The van der Waals surface area contributed by atoms with Crippen LogP contribution in [0.3, 0.4) is 0 Å². The van der Waals surface area contributed by atoms with Crippen molar-refractivity contribution in [1.29, 1.82) is 0 Å². The number of benzene rings is 1. The molecule has 2 rings (SSSR count). The molecule has 1 aliphatic heterocycles. The van der Waals surface area contributed by atoms with Crippen molar-refractivity contribution in [2.75, 3.05) is 19.6 Å². The SMILES string of the molecule is Cl.O=C(CCc1ccc(Cl)cc1Cl)NCC1=CCNCC1. The summed E-state index contributed by atoms with van der Waals surface area (Å²) in [4.78, 5) is 11.8. The lowest BCUT2D eigenvalue weighted by molar-refractivity contribution is -0.120. The highest BCUT2D eigenvalue weighted by molar-refractivity contribution is 6.35. The van der Waals surface area contributed by atoms with Gasteiger partial charge in [0, 0.05) is 29.6 Å². The third-order valence-electron chi connectivity index (χ3n) is 3.31. The second kappa shape index (κ2) is 9.31. The second-order valence-electron chi connectivity index (χ2n) is 4.83. The highest BCUT2D eigenvalue weighted by atomic mass is 35.5. The fraction of sp³-hybridized carbons (Fsp3) is 0.400. The van der Waals surface area contributed by atoms with Gasteiger partial charge in [0.1, 0.15) is 0 Å². The summed E-state index contributed by atoms with van der Waals surface area (Å²) in [7, 11) is 0. The Labute approximate surface area is 141 Å². The maximum atomic E-state index is 11.8. The molecule has 0 spiro atoms. The summed E-state index contributed by atoms with van der Waals surface area (Å²) in [5.41, 5.74) is 2.24. The van der Waals surface area contributed by atoms with Crippen molar-refractivity contribution in [3.8, 4) is 0 Å². The lowest BCUT2D eigenvalue weighted by Crippen LogP contribution is -2.29. The number of nitrogens with one attached hydrogen (secondary N) is 2. The lowest BCUT2D eigenvalue weighted by Gasteiger charge is -2.14. The molecule has 1 aromatic rings. The Kier molecular flexibility index (Phi) is 8.12. The van der Waals surface area contributed by atoms with Crippen molar-refractivity contribution in [3.05, 3.63) is 45.5 Å². The maximum absolute atomic E-state index is 11.8. The van der Waals surface area contributed by atoms with Crippen LogP contribution >= 0.6 is 35.6 Å². The number of carbonyl (C=O) groups is 1. The van der Waals surface area contributed by atoms with E-state index < -0.39 is 0 Å². The van der Waals surface area contributed by atoms with Crippen LogP contribution in [0.2, 0.25) is 10.0 Å². The van der Waals surface area contributed by atoms with Gasteiger partial charge in [-0.15, -0.1) is 12.4 Å². The summed E-state index contributed by atoms with van der Waals surface area (Å²) in [6.45, 7) is 2.53. The summed E-state index contributed by atoms with van der Waals surface area (Å²) in [6, 6.07) is 5.37. The van der Waals surface area contributed by atoms with Crippen LogP contribution in [-0.4, -0.2) is 25.5 Å². The van der Waals surface area contributed by atoms with E-state index in [9.17, 15) is 4.79 Å². The third-order valence-corrected chi connectivity index (χ3v) is 3.89. The second-order valence-corrected chi connectivity index (χ2v) is 5.67. The molecular formula is C15H19Cl3N2O. The van der Waals surface area contributed by atoms with Gasteiger partial charge in [-0.05, 0) is 37.1 Å². The Bertz CT molecular complexity index is 518. The smallest absolute Gasteiger partial charge is 0.220 e. The van der Waals surface area contributed by atoms with Gasteiger partial charge in [0.25, 0.3) is 0 Å². The molecule has 0 saturated heterocycles. The number of hydrogen-bond donors (Lipinski definition) is 2. The van der Waals surface area contributed by atoms with Crippen LogP contribution in [0.15, 0.2) is 29.8 Å². The molecule has 0 saturated carbocycles. The lowest BCUT2D eigenvalue weighted by atomic mass is 10.1. The van der Waals surface area contributed by atoms with Crippen molar-refractivity contribution in [2.24, 2.45) is 0 Å². The Morgan fingerprint density at radius 2 is 2.14 bits per heavy atom. The third kappa shape index (κ3) is 6.27. The Hall–Kier alpha value is -0.740. The first kappa shape index (κ1) is 18.3. The minimum absolute atomic E-state index is 0. The van der Waals surface area contributed by atoms with Gasteiger partial charge in [-0.25, -0.2) is 0 Å². The standard InChI is InChI=1S/C15H18Cl2N2O.ClH/c16-13-3-1-12(14(17)9-13)2-4-15(20)19-10-11-5-7-18-8-6-11;/h1,3,5,9,18H,2,4,6-8,10H2,(H,19,20);1H. The van der Waals surface area contributed by atoms with Gasteiger partial charge in [-0.3, -0.25) is 4.79 Å². The summed E-state index contributed by atoms with van der Waals surface area (Å²) in [5, 5.41) is 7.42. The topological polar surface area (TPSA) is 41.1 Å². The number of aryl methyl sites for hydroxylation is 1. The van der Waals surface area contributed by atoms with Crippen molar-refractivity contribution in [3.63, 3.8) is 0 Å². The summed E-state index contributed by atoms with van der Waals surface area (Å²) in [5.74, 6) is 0.0513. The average molecular weight is 350 g/mol. The first-order chi connectivity index (χ1) is 9.65. The van der Waals surface area contributed by atoms with E-state index in [1.165, 1.54) is 5.57 Å². The van der Waals surface area contributed by atoms with Crippen LogP contribution < -0.4 is 10.6 Å². The van der Waals surface area contributed by atoms with E-state index in [0.29, 0.717) is 29.4 Å². The molecule has 6 heteroatoms. The number of amides is 1. The monoisotopic (exact) mass is 348 g/mol. The average Bonchev–Trinajstić information content (AvgIpc) is 2.45. The largest absolute Gasteiger partial charge is 0.352 e. The molecule has 2 N–H and O–H groups in total. The molecule has 0 radical (unpaired) electrons. The molecule has 1 aromatic carbocycles. The van der Waals surface area contributed by atoms with E-state index in [-0.39, 0.29) is 18.3 Å². The minimum Gasteiger partial charge on any atom is -0.352 e. The summed E-state index contributed by atoms with van der Waals surface area (Å²) < 4.78 is 0. The Morgan fingerprint density at radius 1 is 1.33 bits per heavy atom. The summed E-state index contributed by atoms with van der Waals surface area (Å²) in [6.07, 6.45) is 4.21. The fourth-order valence-electron chi connectivity index (χ4n) is 2.10. The Balaban J connectivity index is 0.00000220. The number of hydrogen-bond acceptors (Lipinski definition) is 2. The zero-order chi connectivity index (χ0) is 14.4. The van der Waals surface area contributed by atoms with Crippen molar-refractivity contribution in [2.45, 2.75) is 19.3 Å². The molecule has 21 heavy (non-hydrogen) atoms. The highest BCUT2D eigenvalue weighted by Gasteiger charge is 2.07. The van der Waals surface area contributed by atoms with Crippen LogP contribution in [0.25, 0.3) is 0 Å². The van der Waals surface area contributed by atoms with Crippen LogP contribution in [0.1, 0.15) is 18.4 Å². The van der Waals surface area contributed by atoms with E-state index in [1.54, 1.807) is 12.1 Å². The fourth-order valence-corrected chi connectivity index (χ4v) is 2.61. The molecule has 0 aromatic heterocycles. The van der Waals surface area contributed by atoms with Gasteiger partial charge in [0.05, 0.1) is 0 Å². The van der Waals surface area contributed by atoms with Crippen LogP contribution in [0.5, 0.6) is 0 Å². The first-order valence-corrected chi connectivity index (χ1v) is 7.50. The molecular weight excluding hydrogens is 331 g/mol. The van der Waals surface area contributed by atoms with E-state index in [2.05, 4.69) is 16.7 Å². The Morgan fingerprint density at radius 3 is 2.81 bits per heavy atom. The van der Waals surface area contributed by atoms with Gasteiger partial charge >= 0.3 is 0 Å². The molecule has 3 nitrogen and oxygen atoms in total. The van der Waals surface area contributed by atoms with Crippen LogP contribution in [0.4, 0.5) is 0 Å². The van der Waals surface area contributed by atoms with Gasteiger partial charge in [-0.1, -0.05) is 40.9 Å². The van der Waals surface area contributed by atoms with Crippen LogP contribution in [-0.2, 0) is 11.2 Å². The molecule has 0 atom stereocenters. The molecule has 0 fully saturated rings. The van der Waals surface area contributed by atoms with Gasteiger partial charge in [0.2, 0.25) is 5.91 Å². The first-order valence-electron chi connectivity index (χ1n) is 6.74.